The normalized spacial score (nSPS) is 28.4. The number of rotatable bonds is 4. The van der Waals surface area contributed by atoms with Crippen LogP contribution in [0, 0.1) is 5.92 Å². The van der Waals surface area contributed by atoms with Crippen molar-refractivity contribution < 1.29 is 0 Å². The highest BCUT2D eigenvalue weighted by molar-refractivity contribution is 9.10. The maximum Gasteiger partial charge on any atom is 0.0178 e. The van der Waals surface area contributed by atoms with E-state index in [0.717, 1.165) is 12.5 Å². The van der Waals surface area contributed by atoms with Crippen molar-refractivity contribution in [1.82, 2.24) is 5.32 Å². The zero-order valence-corrected chi connectivity index (χ0v) is 11.8. The van der Waals surface area contributed by atoms with Gasteiger partial charge in [-0.3, -0.25) is 0 Å². The van der Waals surface area contributed by atoms with Gasteiger partial charge in [0.1, 0.15) is 0 Å². The van der Waals surface area contributed by atoms with E-state index in [9.17, 15) is 0 Å². The Morgan fingerprint density at radius 3 is 2.69 bits per heavy atom. The third-order valence-corrected chi connectivity index (χ3v) is 4.17. The fourth-order valence-corrected chi connectivity index (χ4v) is 2.82. The first-order chi connectivity index (χ1) is 7.54. The lowest BCUT2D eigenvalue weighted by molar-refractivity contribution is 0.499. The lowest BCUT2D eigenvalue weighted by Crippen LogP contribution is -2.33. The molecule has 16 heavy (non-hydrogen) atoms. The molecule has 0 radical (unpaired) electrons. The molecule has 1 saturated carbocycles. The standard InChI is InChI=1S/C14H20BrN/c1-10(2)16-9-14(8-11(14)3)12-5-4-6-13(15)7-12/h4-7,10-11,16H,8-9H2,1-3H3. The second-order valence-corrected chi connectivity index (χ2v) is 6.22. The smallest absolute Gasteiger partial charge is 0.0178 e. The van der Waals surface area contributed by atoms with Crippen molar-refractivity contribution >= 4 is 15.9 Å². The van der Waals surface area contributed by atoms with Crippen molar-refractivity contribution in [3.8, 4) is 0 Å². The predicted molar refractivity (Wildman–Crippen MR) is 72.7 cm³/mol. The van der Waals surface area contributed by atoms with Crippen LogP contribution in [-0.4, -0.2) is 12.6 Å². The van der Waals surface area contributed by atoms with Gasteiger partial charge in [0.25, 0.3) is 0 Å². The van der Waals surface area contributed by atoms with Crippen molar-refractivity contribution in [2.24, 2.45) is 5.92 Å². The van der Waals surface area contributed by atoms with Crippen molar-refractivity contribution in [3.05, 3.63) is 34.3 Å². The van der Waals surface area contributed by atoms with E-state index < -0.39 is 0 Å². The van der Waals surface area contributed by atoms with Gasteiger partial charge >= 0.3 is 0 Å². The molecule has 1 fully saturated rings. The first-order valence-electron chi connectivity index (χ1n) is 6.04. The van der Waals surface area contributed by atoms with E-state index in [1.54, 1.807) is 0 Å². The minimum atomic E-state index is 0.383. The van der Waals surface area contributed by atoms with Crippen LogP contribution in [-0.2, 0) is 5.41 Å². The van der Waals surface area contributed by atoms with Crippen LogP contribution in [0.2, 0.25) is 0 Å². The molecule has 2 heteroatoms. The van der Waals surface area contributed by atoms with E-state index >= 15 is 0 Å². The van der Waals surface area contributed by atoms with Gasteiger partial charge in [0, 0.05) is 22.5 Å². The second kappa shape index (κ2) is 4.50. The molecule has 88 valence electrons. The number of nitrogens with one attached hydrogen (secondary N) is 1. The SMILES string of the molecule is CC(C)NCC1(c2cccc(Br)c2)CC1C. The van der Waals surface area contributed by atoms with Crippen LogP contribution in [0.1, 0.15) is 32.8 Å². The summed E-state index contributed by atoms with van der Waals surface area (Å²) in [6, 6.07) is 9.33. The summed E-state index contributed by atoms with van der Waals surface area (Å²) in [5.74, 6) is 0.799. The van der Waals surface area contributed by atoms with E-state index in [4.69, 9.17) is 0 Å². The average molecular weight is 282 g/mol. The lowest BCUT2D eigenvalue weighted by atomic mass is 9.93. The number of halogens is 1. The van der Waals surface area contributed by atoms with Crippen LogP contribution in [0.15, 0.2) is 28.7 Å². The number of hydrogen-bond acceptors (Lipinski definition) is 1. The number of benzene rings is 1. The molecular formula is C14H20BrN. The Kier molecular flexibility index (Phi) is 3.41. The Bertz CT molecular complexity index is 375. The summed E-state index contributed by atoms with van der Waals surface area (Å²) in [5, 5.41) is 3.58. The zero-order valence-electron chi connectivity index (χ0n) is 10.3. The summed E-state index contributed by atoms with van der Waals surface area (Å²) in [7, 11) is 0. The van der Waals surface area contributed by atoms with Crippen LogP contribution in [0.25, 0.3) is 0 Å². The molecule has 0 aromatic heterocycles. The molecule has 1 nitrogen and oxygen atoms in total. The van der Waals surface area contributed by atoms with Crippen LogP contribution < -0.4 is 5.32 Å². The van der Waals surface area contributed by atoms with Crippen LogP contribution in [0.5, 0.6) is 0 Å². The van der Waals surface area contributed by atoms with Gasteiger partial charge in [0.2, 0.25) is 0 Å². The van der Waals surface area contributed by atoms with Gasteiger partial charge in [-0.25, -0.2) is 0 Å². The van der Waals surface area contributed by atoms with Crippen molar-refractivity contribution in [2.45, 2.75) is 38.6 Å². The Labute approximate surface area is 107 Å². The third kappa shape index (κ3) is 2.33. The second-order valence-electron chi connectivity index (χ2n) is 5.31. The molecule has 2 atom stereocenters. The van der Waals surface area contributed by atoms with E-state index in [2.05, 4.69) is 66.3 Å². The summed E-state index contributed by atoms with van der Waals surface area (Å²) < 4.78 is 1.19. The monoisotopic (exact) mass is 281 g/mol. The fraction of sp³-hybridized carbons (Fsp3) is 0.571. The molecule has 0 spiro atoms. The Hall–Kier alpha value is -0.340. The molecule has 1 aliphatic carbocycles. The molecule has 2 rings (SSSR count). The van der Waals surface area contributed by atoms with Crippen molar-refractivity contribution in [3.63, 3.8) is 0 Å². The van der Waals surface area contributed by atoms with Crippen LogP contribution in [0.3, 0.4) is 0 Å². The van der Waals surface area contributed by atoms with Gasteiger partial charge in [-0.1, -0.05) is 48.8 Å². The molecule has 0 aliphatic heterocycles. The first kappa shape index (κ1) is 12.1. The van der Waals surface area contributed by atoms with Gasteiger partial charge in [-0.05, 0) is 30.0 Å². The van der Waals surface area contributed by atoms with E-state index in [0.29, 0.717) is 11.5 Å². The Morgan fingerprint density at radius 2 is 2.19 bits per heavy atom. The molecule has 2 unspecified atom stereocenters. The molecule has 1 N–H and O–H groups in total. The molecule has 0 bridgehead atoms. The van der Waals surface area contributed by atoms with Crippen molar-refractivity contribution in [1.29, 1.82) is 0 Å². The molecule has 1 aromatic rings. The third-order valence-electron chi connectivity index (χ3n) is 3.68. The van der Waals surface area contributed by atoms with E-state index in [1.807, 2.05) is 0 Å². The van der Waals surface area contributed by atoms with E-state index in [-0.39, 0.29) is 0 Å². The quantitative estimate of drug-likeness (QED) is 0.887. The van der Waals surface area contributed by atoms with Gasteiger partial charge in [-0.2, -0.15) is 0 Å². The zero-order chi connectivity index (χ0) is 11.8. The summed E-state index contributed by atoms with van der Waals surface area (Å²) in [6.45, 7) is 7.87. The maximum atomic E-state index is 3.58. The molecule has 1 aromatic carbocycles. The largest absolute Gasteiger partial charge is 0.314 e. The molecule has 0 amide bonds. The molecule has 0 heterocycles. The minimum Gasteiger partial charge on any atom is -0.314 e. The highest BCUT2D eigenvalue weighted by atomic mass is 79.9. The van der Waals surface area contributed by atoms with Crippen LogP contribution >= 0.6 is 15.9 Å². The lowest BCUT2D eigenvalue weighted by Gasteiger charge is -2.20. The molecule has 1 aliphatic rings. The molecule has 0 saturated heterocycles. The fourth-order valence-electron chi connectivity index (χ4n) is 2.42. The van der Waals surface area contributed by atoms with Gasteiger partial charge < -0.3 is 5.32 Å². The average Bonchev–Trinajstić information content (AvgIpc) is 2.88. The van der Waals surface area contributed by atoms with Gasteiger partial charge in [-0.15, -0.1) is 0 Å². The molecular weight excluding hydrogens is 262 g/mol. The van der Waals surface area contributed by atoms with Crippen LogP contribution in [0.4, 0.5) is 0 Å². The summed E-state index contributed by atoms with van der Waals surface area (Å²) in [4.78, 5) is 0. The maximum absolute atomic E-state index is 3.58. The van der Waals surface area contributed by atoms with Gasteiger partial charge in [0.05, 0.1) is 0 Å². The Balaban J connectivity index is 2.16. The first-order valence-corrected chi connectivity index (χ1v) is 6.83. The minimum absolute atomic E-state index is 0.383. The predicted octanol–water partition coefficient (Wildman–Crippen LogP) is 3.72. The summed E-state index contributed by atoms with van der Waals surface area (Å²) in [6.07, 6.45) is 1.31. The van der Waals surface area contributed by atoms with E-state index in [1.165, 1.54) is 16.5 Å². The highest BCUT2D eigenvalue weighted by Gasteiger charge is 2.51. The summed E-state index contributed by atoms with van der Waals surface area (Å²) >= 11 is 3.56. The Morgan fingerprint density at radius 1 is 1.50 bits per heavy atom. The van der Waals surface area contributed by atoms with Gasteiger partial charge in [0.15, 0.2) is 0 Å². The number of hydrogen-bond donors (Lipinski definition) is 1. The van der Waals surface area contributed by atoms with Crippen molar-refractivity contribution in [2.75, 3.05) is 6.54 Å². The highest BCUT2D eigenvalue weighted by Crippen LogP contribution is 2.53. The summed E-state index contributed by atoms with van der Waals surface area (Å²) in [5.41, 5.74) is 1.86. The topological polar surface area (TPSA) is 12.0 Å².